The molecule has 1 rings (SSSR count). The first kappa shape index (κ1) is 14.8. The van der Waals surface area contributed by atoms with Gasteiger partial charge >= 0.3 is 6.18 Å². The molecular weight excluding hydrogens is 229 g/mol. The van der Waals surface area contributed by atoms with E-state index in [2.05, 4.69) is 5.32 Å². The molecule has 0 saturated heterocycles. The van der Waals surface area contributed by atoms with Crippen molar-refractivity contribution >= 4 is 0 Å². The number of halogens is 3. The van der Waals surface area contributed by atoms with Gasteiger partial charge in [0.05, 0.1) is 6.54 Å². The van der Waals surface area contributed by atoms with E-state index in [1.807, 2.05) is 6.92 Å². The molecule has 102 valence electrons. The Morgan fingerprint density at radius 2 is 1.82 bits per heavy atom. The molecule has 1 aliphatic rings. The van der Waals surface area contributed by atoms with Crippen molar-refractivity contribution < 1.29 is 13.2 Å². The molecule has 17 heavy (non-hydrogen) atoms. The Kier molecular flexibility index (Phi) is 5.73. The first-order chi connectivity index (χ1) is 7.88. The molecule has 1 aliphatic carbocycles. The maximum atomic E-state index is 12.2. The van der Waals surface area contributed by atoms with Crippen molar-refractivity contribution in [2.24, 2.45) is 0 Å². The van der Waals surface area contributed by atoms with E-state index in [1.165, 1.54) is 31.2 Å². The summed E-state index contributed by atoms with van der Waals surface area (Å²) in [5, 5.41) is 3.38. The molecule has 0 aromatic heterocycles. The minimum atomic E-state index is -4.10. The van der Waals surface area contributed by atoms with Crippen molar-refractivity contribution in [3.8, 4) is 0 Å². The first-order valence-electron chi connectivity index (χ1n) is 6.39. The van der Waals surface area contributed by atoms with Gasteiger partial charge in [-0.1, -0.05) is 19.3 Å². The number of hydrogen-bond donors (Lipinski definition) is 1. The average Bonchev–Trinajstić information content (AvgIpc) is 2.25. The predicted octanol–water partition coefficient (Wildman–Crippen LogP) is 2.79. The number of alkyl halides is 3. The van der Waals surface area contributed by atoms with Crippen molar-refractivity contribution in [3.05, 3.63) is 0 Å². The molecule has 0 radical (unpaired) electrons. The Balaban J connectivity index is 2.21. The van der Waals surface area contributed by atoms with Gasteiger partial charge in [0, 0.05) is 18.6 Å². The molecule has 0 spiro atoms. The van der Waals surface area contributed by atoms with E-state index < -0.39 is 12.7 Å². The van der Waals surface area contributed by atoms with Crippen LogP contribution in [0.2, 0.25) is 0 Å². The van der Waals surface area contributed by atoms with Crippen LogP contribution in [0.3, 0.4) is 0 Å². The summed E-state index contributed by atoms with van der Waals surface area (Å²) in [6, 6.07) is 0.420. The fourth-order valence-corrected chi connectivity index (χ4v) is 2.24. The summed E-state index contributed by atoms with van der Waals surface area (Å²) >= 11 is 0. The molecular formula is C12H23F3N2. The summed E-state index contributed by atoms with van der Waals surface area (Å²) in [5.74, 6) is 0. The van der Waals surface area contributed by atoms with Crippen LogP contribution in [0.25, 0.3) is 0 Å². The van der Waals surface area contributed by atoms with Crippen LogP contribution in [0.1, 0.15) is 39.0 Å². The van der Waals surface area contributed by atoms with Crippen LogP contribution in [0.5, 0.6) is 0 Å². The van der Waals surface area contributed by atoms with Crippen LogP contribution in [0.4, 0.5) is 13.2 Å². The summed E-state index contributed by atoms with van der Waals surface area (Å²) in [6.07, 6.45) is 2.00. The molecule has 2 nitrogen and oxygen atoms in total. The molecule has 0 aromatic carbocycles. The van der Waals surface area contributed by atoms with E-state index in [9.17, 15) is 13.2 Å². The smallest absolute Gasteiger partial charge is 0.312 e. The van der Waals surface area contributed by atoms with Gasteiger partial charge in [-0.3, -0.25) is 4.90 Å². The van der Waals surface area contributed by atoms with Crippen molar-refractivity contribution in [2.45, 2.75) is 57.3 Å². The number of rotatable bonds is 5. The van der Waals surface area contributed by atoms with Gasteiger partial charge in [-0.05, 0) is 26.8 Å². The van der Waals surface area contributed by atoms with Crippen LogP contribution in [0.15, 0.2) is 0 Å². The molecule has 1 N–H and O–H groups in total. The van der Waals surface area contributed by atoms with Crippen molar-refractivity contribution in [2.75, 3.05) is 20.1 Å². The Bertz CT molecular complexity index is 212. The van der Waals surface area contributed by atoms with E-state index in [0.717, 1.165) is 12.8 Å². The van der Waals surface area contributed by atoms with Gasteiger partial charge in [0.15, 0.2) is 0 Å². The summed E-state index contributed by atoms with van der Waals surface area (Å²) in [7, 11) is 1.53. The molecule has 1 fully saturated rings. The lowest BCUT2D eigenvalue weighted by atomic mass is 9.95. The molecule has 0 heterocycles. The Morgan fingerprint density at radius 3 is 2.35 bits per heavy atom. The second-order valence-corrected chi connectivity index (χ2v) is 5.12. The highest BCUT2D eigenvalue weighted by molar-refractivity contribution is 4.76. The van der Waals surface area contributed by atoms with Crippen LogP contribution < -0.4 is 5.32 Å². The third kappa shape index (κ3) is 6.27. The largest absolute Gasteiger partial charge is 0.401 e. The minimum absolute atomic E-state index is 0.0847. The van der Waals surface area contributed by atoms with E-state index in [-0.39, 0.29) is 6.04 Å². The fourth-order valence-electron chi connectivity index (χ4n) is 2.24. The molecule has 0 amide bonds. The number of nitrogens with zero attached hydrogens (tertiary/aromatic N) is 1. The molecule has 0 aromatic rings. The van der Waals surface area contributed by atoms with E-state index in [1.54, 1.807) is 0 Å². The van der Waals surface area contributed by atoms with Gasteiger partial charge in [0.1, 0.15) is 0 Å². The number of nitrogens with one attached hydrogen (secondary N) is 1. The van der Waals surface area contributed by atoms with Gasteiger partial charge in [0.25, 0.3) is 0 Å². The van der Waals surface area contributed by atoms with Crippen LogP contribution in [-0.2, 0) is 0 Å². The van der Waals surface area contributed by atoms with E-state index in [4.69, 9.17) is 0 Å². The van der Waals surface area contributed by atoms with Crippen molar-refractivity contribution in [1.29, 1.82) is 0 Å². The highest BCUT2D eigenvalue weighted by Crippen LogP contribution is 2.18. The van der Waals surface area contributed by atoms with Crippen molar-refractivity contribution in [1.82, 2.24) is 10.2 Å². The van der Waals surface area contributed by atoms with E-state index >= 15 is 0 Å². The number of likely N-dealkylation sites (N-methyl/N-ethyl adjacent to an activating group) is 1. The van der Waals surface area contributed by atoms with E-state index in [0.29, 0.717) is 12.6 Å². The van der Waals surface area contributed by atoms with Gasteiger partial charge in [0.2, 0.25) is 0 Å². The SMILES string of the molecule is CC(CNC1CCCCC1)N(C)CC(F)(F)F. The molecule has 0 bridgehead atoms. The Hall–Kier alpha value is -0.290. The summed E-state index contributed by atoms with van der Waals surface area (Å²) < 4.78 is 36.6. The van der Waals surface area contributed by atoms with Gasteiger partial charge in [-0.25, -0.2) is 0 Å². The quantitative estimate of drug-likeness (QED) is 0.809. The first-order valence-corrected chi connectivity index (χ1v) is 6.39. The Labute approximate surface area is 102 Å². The molecule has 1 atom stereocenters. The van der Waals surface area contributed by atoms with Crippen LogP contribution in [-0.4, -0.2) is 43.3 Å². The molecule has 1 unspecified atom stereocenters. The summed E-state index contributed by atoms with van der Waals surface area (Å²) in [5.41, 5.74) is 0. The Morgan fingerprint density at radius 1 is 1.24 bits per heavy atom. The third-order valence-electron chi connectivity index (χ3n) is 3.49. The maximum Gasteiger partial charge on any atom is 0.401 e. The van der Waals surface area contributed by atoms with Gasteiger partial charge in [-0.15, -0.1) is 0 Å². The highest BCUT2D eigenvalue weighted by Gasteiger charge is 2.30. The standard InChI is InChI=1S/C12H23F3N2/c1-10(17(2)9-12(13,14)15)8-16-11-6-4-3-5-7-11/h10-11,16H,3-9H2,1-2H3. The highest BCUT2D eigenvalue weighted by atomic mass is 19.4. The fraction of sp³-hybridized carbons (Fsp3) is 1.00. The van der Waals surface area contributed by atoms with Gasteiger partial charge in [-0.2, -0.15) is 13.2 Å². The zero-order valence-electron chi connectivity index (χ0n) is 10.7. The lowest BCUT2D eigenvalue weighted by Gasteiger charge is -2.29. The molecule has 1 saturated carbocycles. The lowest BCUT2D eigenvalue weighted by Crippen LogP contribution is -2.45. The van der Waals surface area contributed by atoms with Crippen LogP contribution in [0, 0.1) is 0 Å². The van der Waals surface area contributed by atoms with Crippen LogP contribution >= 0.6 is 0 Å². The summed E-state index contributed by atoms with van der Waals surface area (Å²) in [4.78, 5) is 1.36. The monoisotopic (exact) mass is 252 g/mol. The minimum Gasteiger partial charge on any atom is -0.312 e. The van der Waals surface area contributed by atoms with Crippen molar-refractivity contribution in [3.63, 3.8) is 0 Å². The molecule has 0 aliphatic heterocycles. The topological polar surface area (TPSA) is 15.3 Å². The normalized spacial score (nSPS) is 20.8. The zero-order valence-corrected chi connectivity index (χ0v) is 10.7. The zero-order chi connectivity index (χ0) is 12.9. The average molecular weight is 252 g/mol. The van der Waals surface area contributed by atoms with Gasteiger partial charge < -0.3 is 5.32 Å². The second-order valence-electron chi connectivity index (χ2n) is 5.12. The second kappa shape index (κ2) is 6.59. The summed E-state index contributed by atoms with van der Waals surface area (Å²) in [6.45, 7) is 1.64. The lowest BCUT2D eigenvalue weighted by molar-refractivity contribution is -0.146. The molecule has 5 heteroatoms. The third-order valence-corrected chi connectivity index (χ3v) is 3.49. The maximum absolute atomic E-state index is 12.2. The predicted molar refractivity (Wildman–Crippen MR) is 63.0 cm³/mol. The number of hydrogen-bond acceptors (Lipinski definition) is 2.